The van der Waals surface area contributed by atoms with E-state index in [4.69, 9.17) is 16.9 Å². The summed E-state index contributed by atoms with van der Waals surface area (Å²) in [6.07, 6.45) is 8.79. The predicted octanol–water partition coefficient (Wildman–Crippen LogP) is 4.41. The summed E-state index contributed by atoms with van der Waals surface area (Å²) in [5.41, 5.74) is 3.66. The number of fused-ring (bicyclic) bond motifs is 1. The first kappa shape index (κ1) is 18.7. The molecule has 0 aromatic carbocycles. The fourth-order valence-corrected chi connectivity index (χ4v) is 3.52. The number of nitrogens with zero attached hydrogens (tertiary/aromatic N) is 4. The highest BCUT2D eigenvalue weighted by molar-refractivity contribution is 6.34. The minimum atomic E-state index is -0.189. The number of H-pyrrole nitrogens is 2. The highest BCUT2D eigenvalue weighted by Gasteiger charge is 2.20. The molecule has 4 heterocycles. The molecule has 0 aliphatic heterocycles. The number of halogens is 1. The molecule has 29 heavy (non-hydrogen) atoms. The Morgan fingerprint density at radius 1 is 1.31 bits per heavy atom. The standard InChI is InChI=1S/C21H17ClN6O.H2/c22-17-12-27-20-16(4-7-25-20)19(17)15-9-18(26-11-15)21(29)28(8-2-5-23)13-14-3-1-6-24-10-14;/h1,3-4,6-7,9-12,26H,2,8,13H2,(H,25,27);1H. The zero-order valence-electron chi connectivity index (χ0n) is 15.4. The lowest BCUT2D eigenvalue weighted by Gasteiger charge is -2.21. The molecule has 0 aliphatic rings. The van der Waals surface area contributed by atoms with E-state index in [1.807, 2.05) is 18.2 Å². The molecule has 8 heteroatoms. The SMILES string of the molecule is N#CCCN(Cc1cccnc1)C(=O)c1cc(-c2c(Cl)cnc3[nH]ccc23)c[nH]1.[HH]. The first-order chi connectivity index (χ1) is 14.2. The van der Waals surface area contributed by atoms with Gasteiger partial charge in [0.05, 0.1) is 17.5 Å². The van der Waals surface area contributed by atoms with Gasteiger partial charge in [-0.1, -0.05) is 17.7 Å². The molecule has 146 valence electrons. The second-order valence-corrected chi connectivity index (χ2v) is 6.93. The zero-order valence-corrected chi connectivity index (χ0v) is 16.1. The molecule has 7 nitrogen and oxygen atoms in total. The van der Waals surface area contributed by atoms with E-state index in [9.17, 15) is 4.79 Å². The summed E-state index contributed by atoms with van der Waals surface area (Å²) < 4.78 is 0. The third-order valence-electron chi connectivity index (χ3n) is 4.62. The number of amides is 1. The number of nitrogens with one attached hydrogen (secondary N) is 2. The molecule has 4 aromatic rings. The second-order valence-electron chi connectivity index (χ2n) is 6.52. The van der Waals surface area contributed by atoms with Crippen LogP contribution < -0.4 is 0 Å². The van der Waals surface area contributed by atoms with Crippen LogP contribution in [0.1, 0.15) is 23.9 Å². The Morgan fingerprint density at radius 2 is 2.21 bits per heavy atom. The number of carbonyl (C=O) groups is 1. The van der Waals surface area contributed by atoms with Crippen molar-refractivity contribution in [3.8, 4) is 17.2 Å². The number of rotatable bonds is 6. The maximum absolute atomic E-state index is 13.1. The predicted molar refractivity (Wildman–Crippen MR) is 112 cm³/mol. The number of carbonyl (C=O) groups excluding carboxylic acids is 1. The van der Waals surface area contributed by atoms with E-state index >= 15 is 0 Å². The Labute approximate surface area is 173 Å². The van der Waals surface area contributed by atoms with Crippen LogP contribution in [-0.4, -0.2) is 37.3 Å². The van der Waals surface area contributed by atoms with Crippen LogP contribution in [0, 0.1) is 11.3 Å². The molecular formula is C21H19ClN6O. The first-order valence-corrected chi connectivity index (χ1v) is 9.40. The minimum absolute atomic E-state index is 0. The molecule has 4 rings (SSSR count). The largest absolute Gasteiger partial charge is 0.357 e. The molecule has 0 atom stereocenters. The Hall–Kier alpha value is -3.63. The average molecular weight is 407 g/mol. The van der Waals surface area contributed by atoms with Crippen LogP contribution in [0.2, 0.25) is 5.02 Å². The molecule has 0 saturated heterocycles. The van der Waals surface area contributed by atoms with Gasteiger partial charge in [0.2, 0.25) is 0 Å². The Balaban J connectivity index is 0.00000256. The number of aromatic amines is 2. The molecule has 1 amide bonds. The molecule has 4 aromatic heterocycles. The Bertz CT molecular complexity index is 1200. The number of hydrogen-bond donors (Lipinski definition) is 2. The third kappa shape index (κ3) is 3.84. The fraction of sp³-hybridized carbons (Fsp3) is 0.143. The topological polar surface area (TPSA) is 101 Å². The zero-order chi connectivity index (χ0) is 20.2. The summed E-state index contributed by atoms with van der Waals surface area (Å²) in [5, 5.41) is 10.4. The summed E-state index contributed by atoms with van der Waals surface area (Å²) in [6, 6.07) is 9.50. The summed E-state index contributed by atoms with van der Waals surface area (Å²) in [5.74, 6) is -0.189. The average Bonchev–Trinajstić information content (AvgIpc) is 3.41. The summed E-state index contributed by atoms with van der Waals surface area (Å²) in [7, 11) is 0. The van der Waals surface area contributed by atoms with E-state index < -0.39 is 0 Å². The van der Waals surface area contributed by atoms with Crippen molar-refractivity contribution < 1.29 is 6.22 Å². The van der Waals surface area contributed by atoms with Gasteiger partial charge in [-0.05, 0) is 23.8 Å². The third-order valence-corrected chi connectivity index (χ3v) is 4.91. The molecular weight excluding hydrogens is 388 g/mol. The van der Waals surface area contributed by atoms with Crippen molar-refractivity contribution in [2.24, 2.45) is 0 Å². The smallest absolute Gasteiger partial charge is 0.270 e. The summed E-state index contributed by atoms with van der Waals surface area (Å²) in [4.78, 5) is 29.2. The number of hydrogen-bond acceptors (Lipinski definition) is 4. The van der Waals surface area contributed by atoms with E-state index in [-0.39, 0.29) is 13.8 Å². The Morgan fingerprint density at radius 3 is 3.00 bits per heavy atom. The fourth-order valence-electron chi connectivity index (χ4n) is 3.26. The van der Waals surface area contributed by atoms with Gasteiger partial charge in [0.25, 0.3) is 5.91 Å². The van der Waals surface area contributed by atoms with E-state index in [2.05, 4.69) is 26.0 Å². The lowest BCUT2D eigenvalue weighted by Crippen LogP contribution is -2.31. The van der Waals surface area contributed by atoms with Crippen LogP contribution in [-0.2, 0) is 6.54 Å². The van der Waals surface area contributed by atoms with Gasteiger partial charge in [-0.15, -0.1) is 0 Å². The molecule has 0 spiro atoms. The van der Waals surface area contributed by atoms with Gasteiger partial charge in [0.1, 0.15) is 11.3 Å². The van der Waals surface area contributed by atoms with E-state index in [0.717, 1.165) is 27.7 Å². The highest BCUT2D eigenvalue weighted by atomic mass is 35.5. The van der Waals surface area contributed by atoms with Gasteiger partial charge in [-0.25, -0.2) is 4.98 Å². The maximum atomic E-state index is 13.1. The number of aromatic nitrogens is 4. The van der Waals surface area contributed by atoms with Crippen LogP contribution in [0.5, 0.6) is 0 Å². The van der Waals surface area contributed by atoms with Crippen molar-refractivity contribution in [2.45, 2.75) is 13.0 Å². The second kappa shape index (κ2) is 8.17. The molecule has 0 unspecified atom stereocenters. The molecule has 0 saturated carbocycles. The highest BCUT2D eigenvalue weighted by Crippen LogP contribution is 2.34. The van der Waals surface area contributed by atoms with Crippen molar-refractivity contribution in [3.63, 3.8) is 0 Å². The van der Waals surface area contributed by atoms with Crippen LogP contribution in [0.3, 0.4) is 0 Å². The van der Waals surface area contributed by atoms with E-state index in [1.165, 1.54) is 0 Å². The van der Waals surface area contributed by atoms with Gasteiger partial charge >= 0.3 is 0 Å². The Kier molecular flexibility index (Phi) is 5.27. The van der Waals surface area contributed by atoms with Gasteiger partial charge in [-0.2, -0.15) is 5.26 Å². The molecule has 0 bridgehead atoms. The van der Waals surface area contributed by atoms with E-state index in [1.54, 1.807) is 42.0 Å². The molecule has 0 radical (unpaired) electrons. The first-order valence-electron chi connectivity index (χ1n) is 9.03. The van der Waals surface area contributed by atoms with Crippen LogP contribution in [0.15, 0.2) is 55.2 Å². The van der Waals surface area contributed by atoms with E-state index in [0.29, 0.717) is 23.8 Å². The van der Waals surface area contributed by atoms with Crippen LogP contribution in [0.4, 0.5) is 0 Å². The monoisotopic (exact) mass is 406 g/mol. The van der Waals surface area contributed by atoms with Crippen molar-refractivity contribution in [2.75, 3.05) is 6.54 Å². The van der Waals surface area contributed by atoms with Crippen molar-refractivity contribution >= 4 is 28.5 Å². The molecule has 0 aliphatic carbocycles. The minimum Gasteiger partial charge on any atom is -0.357 e. The van der Waals surface area contributed by atoms with Crippen molar-refractivity contribution in [3.05, 3.63) is 71.5 Å². The van der Waals surface area contributed by atoms with Gasteiger partial charge in [-0.3, -0.25) is 9.78 Å². The number of pyridine rings is 2. The quantitative estimate of drug-likeness (QED) is 0.495. The normalized spacial score (nSPS) is 10.8. The van der Waals surface area contributed by atoms with Gasteiger partial charge in [0.15, 0.2) is 0 Å². The van der Waals surface area contributed by atoms with Crippen molar-refractivity contribution in [1.82, 2.24) is 24.8 Å². The van der Waals surface area contributed by atoms with Crippen molar-refractivity contribution in [1.29, 1.82) is 5.26 Å². The summed E-state index contributed by atoms with van der Waals surface area (Å²) in [6.45, 7) is 0.706. The molecule has 0 fully saturated rings. The van der Waals surface area contributed by atoms with Crippen LogP contribution >= 0.6 is 11.6 Å². The van der Waals surface area contributed by atoms with Gasteiger partial charge < -0.3 is 14.9 Å². The maximum Gasteiger partial charge on any atom is 0.270 e. The lowest BCUT2D eigenvalue weighted by molar-refractivity contribution is 0.0741. The number of nitriles is 1. The summed E-state index contributed by atoms with van der Waals surface area (Å²) >= 11 is 6.39. The van der Waals surface area contributed by atoms with Crippen LogP contribution in [0.25, 0.3) is 22.2 Å². The van der Waals surface area contributed by atoms with Gasteiger partial charge in [0, 0.05) is 62.0 Å². The lowest BCUT2D eigenvalue weighted by atomic mass is 10.1. The molecule has 2 N–H and O–H groups in total.